The molecule has 0 saturated heterocycles. The van der Waals surface area contributed by atoms with E-state index in [4.69, 9.17) is 4.74 Å². The molecule has 2 aliphatic carbocycles. The van der Waals surface area contributed by atoms with Crippen molar-refractivity contribution in [2.75, 3.05) is 18.5 Å². The van der Waals surface area contributed by atoms with Gasteiger partial charge in [-0.1, -0.05) is 15.9 Å². The Morgan fingerprint density at radius 3 is 2.72 bits per heavy atom. The molecule has 2 aliphatic rings. The Balaban J connectivity index is 1.56. The zero-order chi connectivity index (χ0) is 13.0. The Hall–Kier alpha value is -0.0900. The summed E-state index contributed by atoms with van der Waals surface area (Å²) in [7, 11) is 0. The van der Waals surface area contributed by atoms with Crippen LogP contribution in [0.15, 0.2) is 0 Å². The normalized spacial score (nSPS) is 28.6. The molecule has 2 saturated carbocycles. The molecule has 0 radical (unpaired) electrons. The molecule has 2 rings (SSSR count). The Labute approximate surface area is 118 Å². The third kappa shape index (κ3) is 3.95. The predicted octanol–water partition coefficient (Wildman–Crippen LogP) is 2.87. The van der Waals surface area contributed by atoms with Crippen LogP contribution >= 0.6 is 15.9 Å². The highest BCUT2D eigenvalue weighted by Gasteiger charge is 2.42. The van der Waals surface area contributed by atoms with Gasteiger partial charge in [-0.3, -0.25) is 4.79 Å². The number of ether oxygens (including phenoxy) is 1. The fourth-order valence-electron chi connectivity index (χ4n) is 2.73. The third-order valence-electron chi connectivity index (χ3n) is 4.31. The fraction of sp³-hybridized carbons (Fsp3) is 0.929. The van der Waals surface area contributed by atoms with Crippen molar-refractivity contribution in [3.05, 3.63) is 0 Å². The highest BCUT2D eigenvalue weighted by Crippen LogP contribution is 2.48. The van der Waals surface area contributed by atoms with Gasteiger partial charge in [-0.05, 0) is 50.4 Å². The molecule has 0 atom stereocenters. The number of hydrogen-bond acceptors (Lipinski definition) is 2. The Morgan fingerprint density at radius 1 is 1.44 bits per heavy atom. The van der Waals surface area contributed by atoms with Crippen molar-refractivity contribution >= 4 is 21.8 Å². The van der Waals surface area contributed by atoms with E-state index in [-0.39, 0.29) is 5.91 Å². The van der Waals surface area contributed by atoms with Crippen LogP contribution in [-0.4, -0.2) is 30.5 Å². The SMILES string of the molecule is CCOC1CC(CC(=O)NCC2(CCBr)CC2)C1. The number of alkyl halides is 1. The van der Waals surface area contributed by atoms with Gasteiger partial charge >= 0.3 is 0 Å². The number of rotatable bonds is 8. The van der Waals surface area contributed by atoms with Crippen molar-refractivity contribution in [3.8, 4) is 0 Å². The summed E-state index contributed by atoms with van der Waals surface area (Å²) in [4.78, 5) is 11.8. The Bertz CT molecular complexity index is 286. The van der Waals surface area contributed by atoms with E-state index in [0.717, 1.165) is 31.3 Å². The maximum atomic E-state index is 11.8. The summed E-state index contributed by atoms with van der Waals surface area (Å²) in [5, 5.41) is 4.16. The third-order valence-corrected chi connectivity index (χ3v) is 4.71. The van der Waals surface area contributed by atoms with Crippen LogP contribution in [0.2, 0.25) is 0 Å². The van der Waals surface area contributed by atoms with Gasteiger partial charge in [0.25, 0.3) is 0 Å². The van der Waals surface area contributed by atoms with E-state index >= 15 is 0 Å². The van der Waals surface area contributed by atoms with Crippen molar-refractivity contribution in [1.29, 1.82) is 0 Å². The first-order chi connectivity index (χ1) is 8.67. The molecule has 2 fully saturated rings. The van der Waals surface area contributed by atoms with Crippen molar-refractivity contribution < 1.29 is 9.53 Å². The summed E-state index contributed by atoms with van der Waals surface area (Å²) >= 11 is 3.49. The van der Waals surface area contributed by atoms with Crippen LogP contribution in [0.3, 0.4) is 0 Å². The second-order valence-electron chi connectivity index (χ2n) is 5.83. The average Bonchev–Trinajstić information content (AvgIpc) is 3.05. The van der Waals surface area contributed by atoms with Gasteiger partial charge in [-0.2, -0.15) is 0 Å². The van der Waals surface area contributed by atoms with E-state index in [1.54, 1.807) is 0 Å². The number of carbonyl (C=O) groups excluding carboxylic acids is 1. The molecule has 0 aromatic carbocycles. The molecule has 104 valence electrons. The van der Waals surface area contributed by atoms with Crippen LogP contribution in [0.25, 0.3) is 0 Å². The van der Waals surface area contributed by atoms with Crippen LogP contribution in [0, 0.1) is 11.3 Å². The lowest BCUT2D eigenvalue weighted by atomic mass is 9.80. The van der Waals surface area contributed by atoms with Gasteiger partial charge in [0.1, 0.15) is 0 Å². The van der Waals surface area contributed by atoms with Gasteiger partial charge in [0.15, 0.2) is 0 Å². The highest BCUT2D eigenvalue weighted by molar-refractivity contribution is 9.09. The summed E-state index contributed by atoms with van der Waals surface area (Å²) in [5.41, 5.74) is 0.423. The first-order valence-electron chi connectivity index (χ1n) is 7.12. The zero-order valence-corrected chi connectivity index (χ0v) is 12.8. The van der Waals surface area contributed by atoms with Crippen molar-refractivity contribution in [2.45, 2.75) is 51.6 Å². The Morgan fingerprint density at radius 2 is 2.17 bits per heavy atom. The lowest BCUT2D eigenvalue weighted by molar-refractivity contribution is -0.124. The van der Waals surface area contributed by atoms with Gasteiger partial charge < -0.3 is 10.1 Å². The molecule has 0 bridgehead atoms. The minimum atomic E-state index is 0.232. The molecule has 0 aromatic heterocycles. The maximum absolute atomic E-state index is 11.8. The van der Waals surface area contributed by atoms with E-state index in [9.17, 15) is 4.79 Å². The van der Waals surface area contributed by atoms with Gasteiger partial charge in [0.05, 0.1) is 6.10 Å². The lowest BCUT2D eigenvalue weighted by Crippen LogP contribution is -2.37. The average molecular weight is 318 g/mol. The second-order valence-corrected chi connectivity index (χ2v) is 6.63. The molecule has 0 unspecified atom stereocenters. The number of halogens is 1. The molecule has 0 aromatic rings. The molecule has 1 N–H and O–H groups in total. The largest absolute Gasteiger partial charge is 0.378 e. The van der Waals surface area contributed by atoms with Crippen LogP contribution in [0.4, 0.5) is 0 Å². The molecule has 3 nitrogen and oxygen atoms in total. The molecule has 0 heterocycles. The summed E-state index contributed by atoms with van der Waals surface area (Å²) in [6, 6.07) is 0. The molecule has 18 heavy (non-hydrogen) atoms. The zero-order valence-electron chi connectivity index (χ0n) is 11.2. The van der Waals surface area contributed by atoms with Gasteiger partial charge in [0.2, 0.25) is 5.91 Å². The molecule has 4 heteroatoms. The molecular formula is C14H24BrNO2. The monoisotopic (exact) mass is 317 g/mol. The molecule has 0 aliphatic heterocycles. The van der Waals surface area contributed by atoms with Crippen LogP contribution in [-0.2, 0) is 9.53 Å². The van der Waals surface area contributed by atoms with Gasteiger partial charge in [-0.15, -0.1) is 0 Å². The van der Waals surface area contributed by atoms with Crippen molar-refractivity contribution in [1.82, 2.24) is 5.32 Å². The minimum absolute atomic E-state index is 0.232. The molecule has 1 amide bonds. The predicted molar refractivity (Wildman–Crippen MR) is 75.8 cm³/mol. The fourth-order valence-corrected chi connectivity index (χ4v) is 3.57. The first kappa shape index (κ1) is 14.3. The van der Waals surface area contributed by atoms with Crippen molar-refractivity contribution in [2.24, 2.45) is 11.3 Å². The lowest BCUT2D eigenvalue weighted by Gasteiger charge is -2.34. The summed E-state index contributed by atoms with van der Waals surface area (Å²) in [5.74, 6) is 0.781. The minimum Gasteiger partial charge on any atom is -0.378 e. The van der Waals surface area contributed by atoms with Gasteiger partial charge in [0, 0.05) is 24.9 Å². The van der Waals surface area contributed by atoms with Crippen LogP contribution in [0.5, 0.6) is 0 Å². The summed E-state index contributed by atoms with van der Waals surface area (Å²) in [6.45, 7) is 3.69. The topological polar surface area (TPSA) is 38.3 Å². The highest BCUT2D eigenvalue weighted by atomic mass is 79.9. The number of carbonyl (C=O) groups is 1. The molecular weight excluding hydrogens is 294 g/mol. The van der Waals surface area contributed by atoms with E-state index < -0.39 is 0 Å². The summed E-state index contributed by atoms with van der Waals surface area (Å²) < 4.78 is 5.51. The van der Waals surface area contributed by atoms with Crippen LogP contribution in [0.1, 0.15) is 45.4 Å². The van der Waals surface area contributed by atoms with E-state index in [1.165, 1.54) is 19.3 Å². The number of amides is 1. The summed E-state index contributed by atoms with van der Waals surface area (Å²) in [6.07, 6.45) is 6.96. The quantitative estimate of drug-likeness (QED) is 0.699. The number of nitrogens with one attached hydrogen (secondary N) is 1. The van der Waals surface area contributed by atoms with E-state index in [1.807, 2.05) is 6.92 Å². The Kier molecular flexibility index (Phi) is 5.07. The molecule has 0 spiro atoms. The first-order valence-corrected chi connectivity index (χ1v) is 8.24. The maximum Gasteiger partial charge on any atom is 0.220 e. The smallest absolute Gasteiger partial charge is 0.220 e. The van der Waals surface area contributed by atoms with Crippen molar-refractivity contribution in [3.63, 3.8) is 0 Å². The number of hydrogen-bond donors (Lipinski definition) is 1. The standard InChI is InChI=1S/C14H24BrNO2/c1-2-18-12-7-11(8-12)9-13(17)16-10-14(3-4-14)5-6-15/h11-12H,2-10H2,1H3,(H,16,17). The van der Waals surface area contributed by atoms with E-state index in [0.29, 0.717) is 23.9 Å². The van der Waals surface area contributed by atoms with Gasteiger partial charge in [-0.25, -0.2) is 0 Å². The van der Waals surface area contributed by atoms with Crippen LogP contribution < -0.4 is 5.32 Å². The van der Waals surface area contributed by atoms with E-state index in [2.05, 4.69) is 21.2 Å². The second kappa shape index (κ2) is 6.38.